The first-order valence-electron chi connectivity index (χ1n) is 4.88. The molecule has 0 bridgehead atoms. The van der Waals surface area contributed by atoms with E-state index >= 15 is 0 Å². The van der Waals surface area contributed by atoms with Crippen molar-refractivity contribution in [3.05, 3.63) is 21.3 Å². The number of rotatable bonds is 6. The largest absolute Gasteiger partial charge is 0.384 e. The Morgan fingerprint density at radius 1 is 1.53 bits per heavy atom. The molecule has 0 aromatic carbocycles. The van der Waals surface area contributed by atoms with Crippen LogP contribution in [-0.2, 0) is 14.6 Å². The van der Waals surface area contributed by atoms with Crippen LogP contribution in [0.2, 0.25) is 4.34 Å². The molecule has 0 aliphatic carbocycles. The van der Waals surface area contributed by atoms with E-state index in [0.717, 1.165) is 11.3 Å². The summed E-state index contributed by atoms with van der Waals surface area (Å²) in [6, 6.07) is 3.12. The fraction of sp³-hybridized carbons (Fsp3) is 0.500. The van der Waals surface area contributed by atoms with Gasteiger partial charge in [-0.05, 0) is 19.1 Å². The first-order valence-corrected chi connectivity index (χ1v) is 7.79. The van der Waals surface area contributed by atoms with E-state index in [1.54, 1.807) is 6.07 Å². The predicted octanol–water partition coefficient (Wildman–Crippen LogP) is 2.03. The van der Waals surface area contributed by atoms with Crippen LogP contribution < -0.4 is 0 Å². The van der Waals surface area contributed by atoms with E-state index in [-0.39, 0.29) is 12.4 Å². The van der Waals surface area contributed by atoms with Gasteiger partial charge in [0.2, 0.25) is 0 Å². The zero-order valence-electron chi connectivity index (χ0n) is 9.47. The maximum absolute atomic E-state index is 11.9. The second-order valence-electron chi connectivity index (χ2n) is 3.47. The zero-order chi connectivity index (χ0) is 13.1. The molecule has 0 aliphatic heterocycles. The molecule has 0 spiro atoms. The number of carbonyl (C=O) groups excluding carboxylic acids is 1. The molecule has 0 saturated heterocycles. The normalized spacial score (nSPS) is 13.6. The van der Waals surface area contributed by atoms with Gasteiger partial charge in [0.25, 0.3) is 0 Å². The molecule has 0 radical (unpaired) electrons. The van der Waals surface area contributed by atoms with Gasteiger partial charge in [-0.1, -0.05) is 11.6 Å². The Kier molecular flexibility index (Phi) is 5.12. The summed E-state index contributed by atoms with van der Waals surface area (Å²) < 4.78 is 28.7. The van der Waals surface area contributed by atoms with Crippen LogP contribution in [0.25, 0.3) is 0 Å². The number of carbonyl (C=O) groups is 1. The highest BCUT2D eigenvalue weighted by atomic mass is 35.5. The maximum Gasteiger partial charge on any atom is 0.190 e. The summed E-state index contributed by atoms with van der Waals surface area (Å²) >= 11 is 6.79. The van der Waals surface area contributed by atoms with Crippen LogP contribution in [0.4, 0.5) is 0 Å². The number of hydrogen-bond donors (Lipinski definition) is 0. The van der Waals surface area contributed by atoms with Crippen molar-refractivity contribution in [1.29, 1.82) is 0 Å². The van der Waals surface area contributed by atoms with Gasteiger partial charge < -0.3 is 4.74 Å². The second kappa shape index (κ2) is 5.95. The Labute approximate surface area is 109 Å². The summed E-state index contributed by atoms with van der Waals surface area (Å²) in [5.41, 5.74) is 0. The number of thiophene rings is 1. The Morgan fingerprint density at radius 3 is 2.65 bits per heavy atom. The molecule has 1 rings (SSSR count). The van der Waals surface area contributed by atoms with Crippen molar-refractivity contribution in [2.75, 3.05) is 19.5 Å². The molecule has 4 nitrogen and oxygen atoms in total. The lowest BCUT2D eigenvalue weighted by Crippen LogP contribution is -2.30. The van der Waals surface area contributed by atoms with Crippen molar-refractivity contribution in [1.82, 2.24) is 0 Å². The molecule has 1 heterocycles. The molecule has 96 valence electrons. The summed E-state index contributed by atoms with van der Waals surface area (Å²) in [5.74, 6) is -0.576. The van der Waals surface area contributed by atoms with Gasteiger partial charge in [0.05, 0.1) is 21.6 Å². The number of methoxy groups -OCH3 is 1. The Bertz CT molecular complexity index is 492. The third kappa shape index (κ3) is 3.77. The monoisotopic (exact) mass is 296 g/mol. The zero-order valence-corrected chi connectivity index (χ0v) is 11.9. The van der Waals surface area contributed by atoms with E-state index in [1.165, 1.54) is 20.1 Å². The Balaban J connectivity index is 2.83. The molecule has 1 aromatic rings. The molecule has 1 unspecified atom stereocenters. The minimum Gasteiger partial charge on any atom is -0.384 e. The van der Waals surface area contributed by atoms with Crippen LogP contribution in [0.15, 0.2) is 12.1 Å². The van der Waals surface area contributed by atoms with Crippen molar-refractivity contribution in [2.24, 2.45) is 0 Å². The average molecular weight is 297 g/mol. The number of Topliss-reactive ketones (excluding diaryl/α,β-unsaturated/α-hetero) is 1. The number of sulfone groups is 1. The van der Waals surface area contributed by atoms with Gasteiger partial charge in [-0.2, -0.15) is 0 Å². The molecule has 17 heavy (non-hydrogen) atoms. The highest BCUT2D eigenvalue weighted by molar-refractivity contribution is 7.92. The third-order valence-corrected chi connectivity index (χ3v) is 5.57. The van der Waals surface area contributed by atoms with Gasteiger partial charge in [0, 0.05) is 7.11 Å². The smallest absolute Gasteiger partial charge is 0.190 e. The first kappa shape index (κ1) is 14.6. The third-order valence-electron chi connectivity index (χ3n) is 2.30. The van der Waals surface area contributed by atoms with Crippen molar-refractivity contribution >= 4 is 38.6 Å². The fourth-order valence-electron chi connectivity index (χ4n) is 1.19. The van der Waals surface area contributed by atoms with Crippen molar-refractivity contribution in [2.45, 2.75) is 12.2 Å². The van der Waals surface area contributed by atoms with E-state index in [0.29, 0.717) is 9.21 Å². The minimum atomic E-state index is -3.47. The van der Waals surface area contributed by atoms with Crippen molar-refractivity contribution in [3.63, 3.8) is 0 Å². The van der Waals surface area contributed by atoms with E-state index < -0.39 is 20.9 Å². The summed E-state index contributed by atoms with van der Waals surface area (Å²) in [5, 5.41) is -1.06. The molecule has 0 amide bonds. The molecule has 0 aliphatic rings. The summed E-state index contributed by atoms with van der Waals surface area (Å²) in [6.45, 7) is 1.48. The van der Waals surface area contributed by atoms with Crippen LogP contribution in [0, 0.1) is 0 Å². The van der Waals surface area contributed by atoms with Crippen molar-refractivity contribution in [3.8, 4) is 0 Å². The van der Waals surface area contributed by atoms with Gasteiger partial charge in [-0.25, -0.2) is 8.42 Å². The molecule has 7 heteroatoms. The molecule has 1 atom stereocenters. The van der Waals surface area contributed by atoms with Gasteiger partial charge >= 0.3 is 0 Å². The highest BCUT2D eigenvalue weighted by Gasteiger charge is 2.29. The quantitative estimate of drug-likeness (QED) is 0.754. The number of ketones is 1. The molecule has 0 saturated carbocycles. The SMILES string of the molecule is COCCS(=O)(=O)C(C)C(=O)c1ccc(Cl)s1. The molecule has 0 N–H and O–H groups in total. The van der Waals surface area contributed by atoms with Gasteiger partial charge in [-0.15, -0.1) is 11.3 Å². The van der Waals surface area contributed by atoms with Crippen LogP contribution >= 0.6 is 22.9 Å². The number of halogens is 1. The average Bonchev–Trinajstić information content (AvgIpc) is 2.71. The van der Waals surface area contributed by atoms with E-state index in [2.05, 4.69) is 0 Å². The molecular weight excluding hydrogens is 284 g/mol. The van der Waals surface area contributed by atoms with Crippen LogP contribution in [0.3, 0.4) is 0 Å². The molecule has 0 fully saturated rings. The van der Waals surface area contributed by atoms with E-state index in [1.807, 2.05) is 0 Å². The second-order valence-corrected chi connectivity index (χ2v) is 7.63. The summed E-state index contributed by atoms with van der Waals surface area (Å²) in [7, 11) is -2.05. The first-order chi connectivity index (χ1) is 7.88. The topological polar surface area (TPSA) is 60.4 Å². The molecular formula is C10H13ClO4S2. The van der Waals surface area contributed by atoms with Gasteiger partial charge in [-0.3, -0.25) is 4.79 Å². The number of ether oxygens (including phenoxy) is 1. The highest BCUT2D eigenvalue weighted by Crippen LogP contribution is 2.24. The Morgan fingerprint density at radius 2 is 2.18 bits per heavy atom. The molecule has 1 aromatic heterocycles. The summed E-state index contributed by atoms with van der Waals surface area (Å²) in [6.07, 6.45) is 0. The maximum atomic E-state index is 11.9. The Hall–Kier alpha value is -0.430. The standard InChI is InChI=1S/C10H13ClO4S2/c1-7(17(13,14)6-5-15-2)10(12)8-3-4-9(11)16-8/h3-4,7H,5-6H2,1-2H3. The minimum absolute atomic E-state index is 0.0884. The lowest BCUT2D eigenvalue weighted by molar-refractivity contribution is 0.0995. The lowest BCUT2D eigenvalue weighted by atomic mass is 10.2. The fourth-order valence-corrected chi connectivity index (χ4v) is 3.54. The van der Waals surface area contributed by atoms with Crippen LogP contribution in [0.1, 0.15) is 16.6 Å². The van der Waals surface area contributed by atoms with Crippen LogP contribution in [-0.4, -0.2) is 38.9 Å². The van der Waals surface area contributed by atoms with E-state index in [9.17, 15) is 13.2 Å². The number of hydrogen-bond acceptors (Lipinski definition) is 5. The van der Waals surface area contributed by atoms with Gasteiger partial charge in [0.15, 0.2) is 15.6 Å². The lowest BCUT2D eigenvalue weighted by Gasteiger charge is -2.10. The van der Waals surface area contributed by atoms with Gasteiger partial charge in [0.1, 0.15) is 5.25 Å². The summed E-state index contributed by atoms with van der Waals surface area (Å²) in [4.78, 5) is 12.3. The predicted molar refractivity (Wildman–Crippen MR) is 68.8 cm³/mol. The van der Waals surface area contributed by atoms with Crippen molar-refractivity contribution < 1.29 is 17.9 Å². The van der Waals surface area contributed by atoms with Crippen LogP contribution in [0.5, 0.6) is 0 Å². The van der Waals surface area contributed by atoms with E-state index in [4.69, 9.17) is 16.3 Å².